The van der Waals surface area contributed by atoms with Gasteiger partial charge in [-0.15, -0.1) is 10.2 Å². The Hall–Kier alpha value is -2.40. The lowest BCUT2D eigenvalue weighted by molar-refractivity contribution is 0.655. The van der Waals surface area contributed by atoms with Crippen molar-refractivity contribution in [2.75, 3.05) is 13.1 Å². The number of hydrogen-bond donors (Lipinski definition) is 4. The maximum absolute atomic E-state index is 5.62. The van der Waals surface area contributed by atoms with E-state index in [2.05, 4.69) is 55.3 Å². The molecule has 31 heavy (non-hydrogen) atoms. The van der Waals surface area contributed by atoms with E-state index in [-0.39, 0.29) is 0 Å². The number of aliphatic imine (C=N–C) groups is 2. The van der Waals surface area contributed by atoms with Gasteiger partial charge in [-0.2, -0.15) is 0 Å². The largest absolute Gasteiger partial charge is 0.390 e. The fourth-order valence-corrected chi connectivity index (χ4v) is 4.20. The van der Waals surface area contributed by atoms with Crippen molar-refractivity contribution < 1.29 is 0 Å². The van der Waals surface area contributed by atoms with Gasteiger partial charge in [0.05, 0.1) is 22.3 Å². The van der Waals surface area contributed by atoms with Crippen LogP contribution in [0.1, 0.15) is 42.5 Å². The minimum atomic E-state index is 0.348. The number of H-pyrrole nitrogens is 1. The molecule has 2 aromatic heterocycles. The van der Waals surface area contributed by atoms with Gasteiger partial charge in [0, 0.05) is 18.0 Å². The molecule has 3 rings (SSSR count). The van der Waals surface area contributed by atoms with E-state index in [1.807, 2.05) is 30.3 Å². The number of nitrogens with one attached hydrogen (secondary N) is 2. The van der Waals surface area contributed by atoms with Crippen molar-refractivity contribution in [3.63, 3.8) is 0 Å². The number of aromatic nitrogens is 3. The van der Waals surface area contributed by atoms with Crippen LogP contribution < -0.4 is 16.8 Å². The summed E-state index contributed by atoms with van der Waals surface area (Å²) < 4.78 is 0.849. The number of halogens is 1. The quantitative estimate of drug-likeness (QED) is 0.200. The van der Waals surface area contributed by atoms with Crippen LogP contribution in [0.5, 0.6) is 0 Å². The molecule has 0 atom stereocenters. The van der Waals surface area contributed by atoms with Crippen molar-refractivity contribution in [2.45, 2.75) is 32.7 Å². The Labute approximate surface area is 194 Å². The topological polar surface area (TPSA) is 130 Å². The summed E-state index contributed by atoms with van der Waals surface area (Å²) in [4.78, 5) is 12.4. The van der Waals surface area contributed by atoms with Crippen LogP contribution in [0.25, 0.3) is 10.6 Å². The van der Waals surface area contributed by atoms with E-state index >= 15 is 0 Å². The third-order valence-electron chi connectivity index (χ3n) is 4.42. The zero-order valence-electron chi connectivity index (χ0n) is 17.6. The minimum Gasteiger partial charge on any atom is -0.390 e. The highest BCUT2D eigenvalue weighted by Crippen LogP contribution is 2.30. The molecule has 0 spiro atoms. The van der Waals surface area contributed by atoms with Crippen molar-refractivity contribution in [1.82, 2.24) is 20.5 Å². The molecule has 0 aliphatic rings. The number of nitrogens with two attached hydrogens (primary N) is 2. The Morgan fingerprint density at radius 2 is 2.16 bits per heavy atom. The van der Waals surface area contributed by atoms with Gasteiger partial charge in [-0.05, 0) is 59.2 Å². The second-order valence-electron chi connectivity index (χ2n) is 7.20. The summed E-state index contributed by atoms with van der Waals surface area (Å²) in [6, 6.07) is 9.88. The van der Waals surface area contributed by atoms with Crippen LogP contribution in [0.3, 0.4) is 0 Å². The van der Waals surface area contributed by atoms with Gasteiger partial charge >= 0.3 is 0 Å². The summed E-state index contributed by atoms with van der Waals surface area (Å²) in [5.41, 5.74) is 14.8. The lowest BCUT2D eigenvalue weighted by atomic mass is 10.2. The van der Waals surface area contributed by atoms with Gasteiger partial charge in [0.1, 0.15) is 10.0 Å². The van der Waals surface area contributed by atoms with Gasteiger partial charge in [-0.1, -0.05) is 37.3 Å². The first kappa shape index (κ1) is 23.3. The van der Waals surface area contributed by atoms with E-state index in [1.54, 1.807) is 11.3 Å². The monoisotopic (exact) mass is 502 g/mol. The first-order valence-corrected chi connectivity index (χ1v) is 11.7. The molecule has 2 heterocycles. The summed E-state index contributed by atoms with van der Waals surface area (Å²) in [6.45, 7) is 6.38. The normalized spacial score (nSPS) is 12.4. The molecule has 0 unspecified atom stereocenters. The maximum Gasteiger partial charge on any atom is 0.178 e. The van der Waals surface area contributed by atoms with Crippen molar-refractivity contribution in [3.05, 3.63) is 51.2 Å². The van der Waals surface area contributed by atoms with Crippen LogP contribution in [-0.2, 0) is 6.54 Å². The van der Waals surface area contributed by atoms with Gasteiger partial charge in [0.25, 0.3) is 0 Å². The van der Waals surface area contributed by atoms with Crippen molar-refractivity contribution in [1.29, 1.82) is 0 Å². The number of nitrogens with zero attached hydrogens (tertiary/aromatic N) is 4. The van der Waals surface area contributed by atoms with E-state index < -0.39 is 0 Å². The summed E-state index contributed by atoms with van der Waals surface area (Å²) in [5, 5.41) is 13.9. The molecular formula is C21H27BrN8S. The van der Waals surface area contributed by atoms with Gasteiger partial charge < -0.3 is 21.8 Å². The van der Waals surface area contributed by atoms with Crippen LogP contribution in [0, 0.1) is 0 Å². The van der Waals surface area contributed by atoms with Crippen LogP contribution >= 0.6 is 27.3 Å². The molecule has 0 saturated heterocycles. The lowest BCUT2D eigenvalue weighted by Gasteiger charge is -2.06. The van der Waals surface area contributed by atoms with E-state index in [1.165, 1.54) is 6.34 Å². The van der Waals surface area contributed by atoms with E-state index in [0.717, 1.165) is 50.1 Å². The van der Waals surface area contributed by atoms with Crippen LogP contribution in [0.15, 0.2) is 44.9 Å². The molecular weight excluding hydrogens is 476 g/mol. The molecule has 0 bridgehead atoms. The highest BCUT2D eigenvalue weighted by Gasteiger charge is 2.14. The third kappa shape index (κ3) is 6.30. The number of rotatable bonds is 9. The minimum absolute atomic E-state index is 0.348. The van der Waals surface area contributed by atoms with E-state index in [9.17, 15) is 0 Å². The fourth-order valence-electron chi connectivity index (χ4n) is 2.89. The Morgan fingerprint density at radius 1 is 1.32 bits per heavy atom. The molecule has 0 fully saturated rings. The molecule has 3 aromatic rings. The number of amidine groups is 1. The first-order chi connectivity index (χ1) is 15.0. The zero-order valence-corrected chi connectivity index (χ0v) is 20.0. The SMILES string of the molecule is CC(C)c1nnc(-c2cccc(N=C(N=CN)c3[nH]c(Br)cc3CNCCCN)c2)s1. The Bertz CT molecular complexity index is 1050. The second kappa shape index (κ2) is 11.3. The molecule has 1 aromatic carbocycles. The van der Waals surface area contributed by atoms with Crippen molar-refractivity contribution in [2.24, 2.45) is 21.5 Å². The number of benzene rings is 1. The molecule has 0 aliphatic carbocycles. The van der Waals surface area contributed by atoms with Gasteiger partial charge in [0.2, 0.25) is 0 Å². The Kier molecular flexibility index (Phi) is 8.47. The number of aromatic amines is 1. The Balaban J connectivity index is 1.91. The van der Waals surface area contributed by atoms with Crippen LogP contribution in [0.2, 0.25) is 0 Å². The van der Waals surface area contributed by atoms with Gasteiger partial charge in [-0.25, -0.2) is 9.98 Å². The number of hydrogen-bond acceptors (Lipinski definition) is 6. The first-order valence-electron chi connectivity index (χ1n) is 10.1. The fraction of sp³-hybridized carbons (Fsp3) is 0.333. The van der Waals surface area contributed by atoms with Crippen molar-refractivity contribution in [3.8, 4) is 10.6 Å². The van der Waals surface area contributed by atoms with E-state index in [4.69, 9.17) is 16.5 Å². The second-order valence-corrected chi connectivity index (χ2v) is 9.06. The van der Waals surface area contributed by atoms with Crippen molar-refractivity contribution >= 4 is 45.1 Å². The van der Waals surface area contributed by atoms with Gasteiger partial charge in [-0.3, -0.25) is 0 Å². The molecule has 164 valence electrons. The van der Waals surface area contributed by atoms with Crippen LogP contribution in [0.4, 0.5) is 5.69 Å². The predicted molar refractivity (Wildman–Crippen MR) is 132 cm³/mol. The summed E-state index contributed by atoms with van der Waals surface area (Å²) in [5.74, 6) is 0.849. The summed E-state index contributed by atoms with van der Waals surface area (Å²) in [7, 11) is 0. The highest BCUT2D eigenvalue weighted by molar-refractivity contribution is 9.10. The standard InChI is InChI=1S/C21H27BrN8S/c1-13(2)20-29-30-21(31-20)14-5-3-6-16(9-14)27-19(26-12-24)18-15(10-17(22)28-18)11-25-8-4-7-23/h3,5-6,9-10,12-13,25,28H,4,7-8,11,23H2,1-2H3,(H2,24,26,27). The maximum atomic E-state index is 5.62. The lowest BCUT2D eigenvalue weighted by Crippen LogP contribution is -2.19. The zero-order chi connectivity index (χ0) is 22.2. The highest BCUT2D eigenvalue weighted by atomic mass is 79.9. The molecule has 8 nitrogen and oxygen atoms in total. The molecule has 0 amide bonds. The molecule has 0 radical (unpaired) electrons. The third-order valence-corrected chi connectivity index (χ3v) is 6.12. The molecule has 0 saturated carbocycles. The smallest absolute Gasteiger partial charge is 0.178 e. The van der Waals surface area contributed by atoms with Crippen LogP contribution in [-0.4, -0.2) is 40.4 Å². The Morgan fingerprint density at radius 3 is 2.87 bits per heavy atom. The van der Waals surface area contributed by atoms with Gasteiger partial charge in [0.15, 0.2) is 5.84 Å². The van der Waals surface area contributed by atoms with E-state index in [0.29, 0.717) is 24.8 Å². The summed E-state index contributed by atoms with van der Waals surface area (Å²) >= 11 is 5.11. The molecule has 6 N–H and O–H groups in total. The average molecular weight is 503 g/mol. The predicted octanol–water partition coefficient (Wildman–Crippen LogP) is 3.92. The average Bonchev–Trinajstić information content (AvgIpc) is 3.38. The molecule has 10 heteroatoms. The summed E-state index contributed by atoms with van der Waals surface area (Å²) in [6.07, 6.45) is 2.17. The molecule has 0 aliphatic heterocycles.